The molecule has 78 valence electrons. The van der Waals surface area contributed by atoms with Crippen molar-refractivity contribution in [3.8, 4) is 0 Å². The Hall–Kier alpha value is -1.39. The molecule has 0 amide bonds. The van der Waals surface area contributed by atoms with E-state index < -0.39 is 11.6 Å². The summed E-state index contributed by atoms with van der Waals surface area (Å²) in [4.78, 5) is 10.5. The van der Waals surface area contributed by atoms with Crippen molar-refractivity contribution >= 4 is 5.97 Å². The molecule has 1 rings (SSSR count). The fraction of sp³-hybridized carbons (Fsp3) is 0.556. The number of hydrogen-bond acceptors (Lipinski definition) is 2. The third kappa shape index (κ3) is 3.16. The Labute approximate surface area is 81.3 Å². The van der Waals surface area contributed by atoms with Crippen LogP contribution in [0.1, 0.15) is 30.6 Å². The van der Waals surface area contributed by atoms with Gasteiger partial charge in [-0.15, -0.1) is 0 Å². The molecule has 1 aromatic rings. The van der Waals surface area contributed by atoms with Gasteiger partial charge in [0, 0.05) is 19.2 Å². The molecule has 5 heteroatoms. The highest BCUT2D eigenvalue weighted by Crippen LogP contribution is 2.14. The lowest BCUT2D eigenvalue weighted by Crippen LogP contribution is -2.15. The molecule has 0 unspecified atom stereocenters. The average molecular weight is 200 g/mol. The molecule has 1 aromatic heterocycles. The Kier molecular flexibility index (Phi) is 2.88. The highest BCUT2D eigenvalue weighted by molar-refractivity contribution is 5.86. The molecule has 0 aromatic carbocycles. The largest absolute Gasteiger partial charge is 0.478 e. The number of carboxylic acids is 1. The maximum atomic E-state index is 13.1. The second-order valence-electron chi connectivity index (χ2n) is 3.77. The van der Waals surface area contributed by atoms with E-state index in [1.165, 1.54) is 30.9 Å². The van der Waals surface area contributed by atoms with Gasteiger partial charge in [-0.2, -0.15) is 5.10 Å². The minimum atomic E-state index is -1.25. The van der Waals surface area contributed by atoms with Crippen LogP contribution in [0.5, 0.6) is 0 Å². The van der Waals surface area contributed by atoms with E-state index in [1.807, 2.05) is 0 Å². The molecule has 1 heterocycles. The third-order valence-corrected chi connectivity index (χ3v) is 1.82. The van der Waals surface area contributed by atoms with Gasteiger partial charge in [0.1, 0.15) is 5.67 Å². The summed E-state index contributed by atoms with van der Waals surface area (Å²) in [5.74, 6) is -1.02. The fourth-order valence-corrected chi connectivity index (χ4v) is 0.977. The highest BCUT2D eigenvalue weighted by atomic mass is 19.1. The van der Waals surface area contributed by atoms with Gasteiger partial charge in [-0.1, -0.05) is 0 Å². The van der Waals surface area contributed by atoms with Crippen LogP contribution >= 0.6 is 0 Å². The molecule has 0 aliphatic carbocycles. The van der Waals surface area contributed by atoms with E-state index in [4.69, 9.17) is 5.11 Å². The van der Waals surface area contributed by atoms with E-state index in [-0.39, 0.29) is 5.56 Å². The van der Waals surface area contributed by atoms with Gasteiger partial charge in [0.25, 0.3) is 0 Å². The number of carboxylic acid groups (broad SMARTS) is 1. The van der Waals surface area contributed by atoms with Crippen molar-refractivity contribution < 1.29 is 14.3 Å². The lowest BCUT2D eigenvalue weighted by atomic mass is 10.1. The van der Waals surface area contributed by atoms with Gasteiger partial charge in [-0.05, 0) is 13.8 Å². The van der Waals surface area contributed by atoms with E-state index >= 15 is 0 Å². The van der Waals surface area contributed by atoms with Gasteiger partial charge in [-0.25, -0.2) is 9.18 Å². The zero-order valence-electron chi connectivity index (χ0n) is 8.20. The first-order valence-electron chi connectivity index (χ1n) is 4.33. The quantitative estimate of drug-likeness (QED) is 0.805. The fourth-order valence-electron chi connectivity index (χ4n) is 0.977. The third-order valence-electron chi connectivity index (χ3n) is 1.82. The van der Waals surface area contributed by atoms with Crippen LogP contribution in [0.3, 0.4) is 0 Å². The zero-order valence-corrected chi connectivity index (χ0v) is 8.20. The lowest BCUT2D eigenvalue weighted by Gasteiger charge is -2.12. The molecule has 0 bridgehead atoms. The Bertz CT molecular complexity index is 328. The monoisotopic (exact) mass is 200 g/mol. The second kappa shape index (κ2) is 3.77. The first kappa shape index (κ1) is 10.7. The van der Waals surface area contributed by atoms with Crippen molar-refractivity contribution in [3.05, 3.63) is 18.0 Å². The maximum absolute atomic E-state index is 13.1. The molecule has 1 N–H and O–H groups in total. The smallest absolute Gasteiger partial charge is 0.338 e. The standard InChI is InChI=1S/C9H13FN2O2/c1-9(2,10)3-4-12-6-7(5-11-12)8(13)14/h5-6H,3-4H2,1-2H3,(H,13,14). The summed E-state index contributed by atoms with van der Waals surface area (Å²) in [7, 11) is 0. The summed E-state index contributed by atoms with van der Waals surface area (Å²) in [6, 6.07) is 0. The number of halogens is 1. The average Bonchev–Trinajstić information content (AvgIpc) is 2.47. The topological polar surface area (TPSA) is 55.1 Å². The number of hydrogen-bond donors (Lipinski definition) is 1. The summed E-state index contributed by atoms with van der Waals surface area (Å²) in [6.07, 6.45) is 2.97. The van der Waals surface area contributed by atoms with E-state index in [9.17, 15) is 9.18 Å². The molecule has 0 radical (unpaired) electrons. The van der Waals surface area contributed by atoms with Gasteiger partial charge in [0.2, 0.25) is 0 Å². The highest BCUT2D eigenvalue weighted by Gasteiger charge is 2.15. The molecule has 0 saturated carbocycles. The molecule has 0 fully saturated rings. The molecule has 0 saturated heterocycles. The van der Waals surface area contributed by atoms with Crippen molar-refractivity contribution in [2.24, 2.45) is 0 Å². The Morgan fingerprint density at radius 1 is 1.71 bits per heavy atom. The van der Waals surface area contributed by atoms with Crippen LogP contribution in [0.4, 0.5) is 4.39 Å². The number of aromatic carboxylic acids is 1. The number of nitrogens with zero attached hydrogens (tertiary/aromatic N) is 2. The van der Waals surface area contributed by atoms with Gasteiger partial charge in [0.15, 0.2) is 0 Å². The molecule has 0 atom stereocenters. The van der Waals surface area contributed by atoms with Crippen LogP contribution in [0.15, 0.2) is 12.4 Å². The predicted molar refractivity (Wildman–Crippen MR) is 49.0 cm³/mol. The summed E-state index contributed by atoms with van der Waals surface area (Å²) >= 11 is 0. The second-order valence-corrected chi connectivity index (χ2v) is 3.77. The predicted octanol–water partition coefficient (Wildman–Crippen LogP) is 1.72. The zero-order chi connectivity index (χ0) is 10.8. The van der Waals surface area contributed by atoms with Crippen molar-refractivity contribution in [2.75, 3.05) is 0 Å². The van der Waals surface area contributed by atoms with Crippen LogP contribution in [-0.4, -0.2) is 26.5 Å². The summed E-state index contributed by atoms with van der Waals surface area (Å²) in [5, 5.41) is 12.4. The van der Waals surface area contributed by atoms with Crippen LogP contribution in [0.25, 0.3) is 0 Å². The first-order valence-corrected chi connectivity index (χ1v) is 4.33. The van der Waals surface area contributed by atoms with Crippen LogP contribution in [0.2, 0.25) is 0 Å². The van der Waals surface area contributed by atoms with Crippen molar-refractivity contribution in [3.63, 3.8) is 0 Å². The van der Waals surface area contributed by atoms with Crippen molar-refractivity contribution in [2.45, 2.75) is 32.5 Å². The summed E-state index contributed by atoms with van der Waals surface area (Å²) in [6.45, 7) is 3.35. The van der Waals surface area contributed by atoms with Crippen molar-refractivity contribution in [1.29, 1.82) is 0 Å². The first-order chi connectivity index (χ1) is 6.38. The molecule has 0 aliphatic heterocycles. The van der Waals surface area contributed by atoms with E-state index in [0.717, 1.165) is 0 Å². The molecular formula is C9H13FN2O2. The molecule has 0 spiro atoms. The van der Waals surface area contributed by atoms with E-state index in [1.54, 1.807) is 0 Å². The normalized spacial score (nSPS) is 11.6. The Morgan fingerprint density at radius 2 is 2.36 bits per heavy atom. The number of aryl methyl sites for hydroxylation is 1. The van der Waals surface area contributed by atoms with Gasteiger partial charge in [-0.3, -0.25) is 4.68 Å². The molecular weight excluding hydrogens is 187 g/mol. The molecule has 4 nitrogen and oxygen atoms in total. The number of aromatic nitrogens is 2. The minimum Gasteiger partial charge on any atom is -0.478 e. The Balaban J connectivity index is 2.56. The SMILES string of the molecule is CC(C)(F)CCn1cc(C(=O)O)cn1. The molecule has 0 aliphatic rings. The van der Waals surface area contributed by atoms with Gasteiger partial charge < -0.3 is 5.11 Å². The minimum absolute atomic E-state index is 0.127. The van der Waals surface area contributed by atoms with Gasteiger partial charge in [0.05, 0.1) is 11.8 Å². The van der Waals surface area contributed by atoms with E-state index in [2.05, 4.69) is 5.10 Å². The molecule has 14 heavy (non-hydrogen) atoms. The van der Waals surface area contributed by atoms with Crippen LogP contribution in [-0.2, 0) is 6.54 Å². The Morgan fingerprint density at radius 3 is 2.79 bits per heavy atom. The van der Waals surface area contributed by atoms with Crippen LogP contribution in [0, 0.1) is 0 Å². The summed E-state index contributed by atoms with van der Waals surface area (Å²) in [5.41, 5.74) is -1.13. The van der Waals surface area contributed by atoms with Gasteiger partial charge >= 0.3 is 5.97 Å². The van der Waals surface area contributed by atoms with Crippen LogP contribution < -0.4 is 0 Å². The van der Waals surface area contributed by atoms with Crippen molar-refractivity contribution in [1.82, 2.24) is 9.78 Å². The maximum Gasteiger partial charge on any atom is 0.338 e. The summed E-state index contributed by atoms with van der Waals surface area (Å²) < 4.78 is 14.5. The lowest BCUT2D eigenvalue weighted by molar-refractivity contribution is 0.0697. The number of rotatable bonds is 4. The number of carbonyl (C=O) groups is 1. The number of alkyl halides is 1. The van der Waals surface area contributed by atoms with E-state index in [0.29, 0.717) is 13.0 Å².